The quantitative estimate of drug-likeness (QED) is 0.597. The van der Waals surface area contributed by atoms with E-state index in [4.69, 9.17) is 16.9 Å². The topological polar surface area (TPSA) is 23.8 Å². The summed E-state index contributed by atoms with van der Waals surface area (Å²) in [6.45, 7) is 0. The van der Waals surface area contributed by atoms with Gasteiger partial charge < -0.3 is 0 Å². The van der Waals surface area contributed by atoms with E-state index in [-0.39, 0.29) is 22.5 Å². The number of halogens is 4. The second-order valence-corrected chi connectivity index (χ2v) is 4.73. The van der Waals surface area contributed by atoms with E-state index in [1.165, 1.54) is 18.2 Å². The van der Waals surface area contributed by atoms with Crippen LogP contribution < -0.4 is 0 Å². The van der Waals surface area contributed by atoms with Crippen molar-refractivity contribution in [3.05, 3.63) is 29.8 Å². The SMILES string of the molecule is N#CC(CCCl)c1ccccc1SC(F)(F)F. The summed E-state index contributed by atoms with van der Waals surface area (Å²) in [5.41, 5.74) is -3.96. The van der Waals surface area contributed by atoms with Crippen LogP contribution in [0.1, 0.15) is 17.9 Å². The first-order valence-corrected chi connectivity index (χ1v) is 6.13. The molecule has 1 nitrogen and oxygen atoms in total. The van der Waals surface area contributed by atoms with Crippen LogP contribution in [0, 0.1) is 11.3 Å². The Hall–Kier alpha value is -0.860. The molecule has 0 aliphatic heterocycles. The zero-order chi connectivity index (χ0) is 12.9. The largest absolute Gasteiger partial charge is 0.446 e. The summed E-state index contributed by atoms with van der Waals surface area (Å²) in [5.74, 6) is -0.359. The van der Waals surface area contributed by atoms with Crippen LogP contribution >= 0.6 is 23.4 Å². The van der Waals surface area contributed by atoms with E-state index in [0.717, 1.165) is 0 Å². The average molecular weight is 280 g/mol. The standard InChI is InChI=1S/C11H9ClF3NS/c12-6-5-8(7-16)9-3-1-2-4-10(9)17-11(13,14)15/h1-4,8H,5-6H2. The van der Waals surface area contributed by atoms with Crippen molar-refractivity contribution >= 4 is 23.4 Å². The van der Waals surface area contributed by atoms with Crippen molar-refractivity contribution in [2.24, 2.45) is 0 Å². The van der Waals surface area contributed by atoms with E-state index in [9.17, 15) is 13.2 Å². The minimum atomic E-state index is -4.35. The molecule has 92 valence electrons. The van der Waals surface area contributed by atoms with Gasteiger partial charge in [-0.1, -0.05) is 18.2 Å². The molecule has 0 fully saturated rings. The fraction of sp³-hybridized carbons (Fsp3) is 0.364. The highest BCUT2D eigenvalue weighted by Crippen LogP contribution is 2.40. The molecule has 17 heavy (non-hydrogen) atoms. The average Bonchev–Trinajstić information content (AvgIpc) is 2.25. The molecule has 0 radical (unpaired) electrons. The number of thioether (sulfide) groups is 1. The Bertz CT molecular complexity index is 414. The zero-order valence-electron chi connectivity index (χ0n) is 8.67. The molecule has 0 N–H and O–H groups in total. The van der Waals surface area contributed by atoms with Crippen LogP contribution in [0.5, 0.6) is 0 Å². The maximum atomic E-state index is 12.3. The molecule has 1 atom stereocenters. The van der Waals surface area contributed by atoms with E-state index in [2.05, 4.69) is 0 Å². The van der Waals surface area contributed by atoms with Crippen LogP contribution in [0.2, 0.25) is 0 Å². The first kappa shape index (κ1) is 14.2. The van der Waals surface area contributed by atoms with Crippen LogP contribution in [0.25, 0.3) is 0 Å². The smallest absolute Gasteiger partial charge is 0.198 e. The van der Waals surface area contributed by atoms with Crippen LogP contribution in [0.4, 0.5) is 13.2 Å². The van der Waals surface area contributed by atoms with Gasteiger partial charge in [0.25, 0.3) is 0 Å². The van der Waals surface area contributed by atoms with Crippen LogP contribution in [0.3, 0.4) is 0 Å². The fourth-order valence-corrected chi connectivity index (χ4v) is 2.33. The van der Waals surface area contributed by atoms with Gasteiger partial charge in [0.1, 0.15) is 0 Å². The number of benzene rings is 1. The number of alkyl halides is 4. The van der Waals surface area contributed by atoms with E-state index in [1.807, 2.05) is 6.07 Å². The Kier molecular flexibility index (Phi) is 5.16. The predicted molar refractivity (Wildman–Crippen MR) is 62.0 cm³/mol. The second-order valence-electron chi connectivity index (χ2n) is 3.24. The normalized spacial score (nSPS) is 13.1. The maximum Gasteiger partial charge on any atom is 0.446 e. The summed E-state index contributed by atoms with van der Waals surface area (Å²) in [5, 5.41) is 8.93. The molecular formula is C11H9ClF3NS. The number of hydrogen-bond donors (Lipinski definition) is 0. The monoisotopic (exact) mass is 279 g/mol. The van der Waals surface area contributed by atoms with Crippen molar-refractivity contribution in [2.45, 2.75) is 22.7 Å². The van der Waals surface area contributed by atoms with Crippen LogP contribution in [-0.4, -0.2) is 11.4 Å². The van der Waals surface area contributed by atoms with Gasteiger partial charge in [-0.25, -0.2) is 0 Å². The molecule has 6 heteroatoms. The molecule has 1 aromatic carbocycles. The van der Waals surface area contributed by atoms with Crippen molar-refractivity contribution in [1.82, 2.24) is 0 Å². The van der Waals surface area contributed by atoms with Gasteiger partial charge in [0, 0.05) is 10.8 Å². The first-order valence-electron chi connectivity index (χ1n) is 4.78. The molecule has 0 aliphatic carbocycles. The van der Waals surface area contributed by atoms with Gasteiger partial charge in [0.15, 0.2) is 0 Å². The molecule has 0 heterocycles. The molecule has 0 saturated heterocycles. The molecule has 0 amide bonds. The Morgan fingerprint density at radius 2 is 2.00 bits per heavy atom. The van der Waals surface area contributed by atoms with E-state index in [1.54, 1.807) is 6.07 Å². The molecule has 0 bridgehead atoms. The fourth-order valence-electron chi connectivity index (χ4n) is 1.38. The predicted octanol–water partition coefficient (Wildman–Crippen LogP) is 4.53. The minimum Gasteiger partial charge on any atom is -0.198 e. The highest BCUT2D eigenvalue weighted by Gasteiger charge is 2.31. The molecule has 1 rings (SSSR count). The van der Waals surface area contributed by atoms with Gasteiger partial charge in [-0.3, -0.25) is 0 Å². The van der Waals surface area contributed by atoms with E-state index < -0.39 is 11.4 Å². The lowest BCUT2D eigenvalue weighted by molar-refractivity contribution is -0.0328. The summed E-state index contributed by atoms with van der Waals surface area (Å²) in [7, 11) is 0. The molecule has 1 unspecified atom stereocenters. The third kappa shape index (κ3) is 4.49. The van der Waals surface area contributed by atoms with Crippen LogP contribution in [-0.2, 0) is 0 Å². The number of rotatable bonds is 4. The van der Waals surface area contributed by atoms with Gasteiger partial charge >= 0.3 is 5.51 Å². The van der Waals surface area contributed by atoms with Gasteiger partial charge in [0.2, 0.25) is 0 Å². The number of hydrogen-bond acceptors (Lipinski definition) is 2. The Morgan fingerprint density at radius 1 is 1.35 bits per heavy atom. The van der Waals surface area contributed by atoms with Gasteiger partial charge in [-0.15, -0.1) is 11.6 Å². The van der Waals surface area contributed by atoms with Gasteiger partial charge in [-0.05, 0) is 29.8 Å². The summed E-state index contributed by atoms with van der Waals surface area (Å²) < 4.78 is 37.0. The third-order valence-electron chi connectivity index (χ3n) is 2.07. The lowest BCUT2D eigenvalue weighted by Crippen LogP contribution is -2.04. The minimum absolute atomic E-state index is 0.0664. The summed E-state index contributed by atoms with van der Waals surface area (Å²) in [6, 6.07) is 8.02. The Labute approximate surface area is 107 Å². The van der Waals surface area contributed by atoms with Crippen molar-refractivity contribution in [3.8, 4) is 6.07 Å². The lowest BCUT2D eigenvalue weighted by Gasteiger charge is -2.14. The maximum absolute atomic E-state index is 12.3. The highest BCUT2D eigenvalue weighted by atomic mass is 35.5. The highest BCUT2D eigenvalue weighted by molar-refractivity contribution is 8.00. The molecular weight excluding hydrogens is 271 g/mol. The summed E-state index contributed by atoms with van der Waals surface area (Å²) in [4.78, 5) is 0.0664. The Balaban J connectivity index is 3.03. The molecule has 0 aromatic heterocycles. The van der Waals surface area contributed by atoms with Gasteiger partial charge in [-0.2, -0.15) is 18.4 Å². The summed E-state index contributed by atoms with van der Waals surface area (Å²) in [6.07, 6.45) is 0.341. The molecule has 0 aliphatic rings. The van der Waals surface area contributed by atoms with Crippen molar-refractivity contribution in [3.63, 3.8) is 0 Å². The van der Waals surface area contributed by atoms with E-state index in [0.29, 0.717) is 12.0 Å². The third-order valence-corrected chi connectivity index (χ3v) is 3.12. The molecule has 0 spiro atoms. The van der Waals surface area contributed by atoms with Crippen LogP contribution in [0.15, 0.2) is 29.2 Å². The summed E-state index contributed by atoms with van der Waals surface area (Å²) >= 11 is 5.33. The number of nitriles is 1. The van der Waals surface area contributed by atoms with Gasteiger partial charge in [0.05, 0.1) is 12.0 Å². The lowest BCUT2D eigenvalue weighted by atomic mass is 9.98. The van der Waals surface area contributed by atoms with Crippen molar-refractivity contribution < 1.29 is 13.2 Å². The first-order chi connectivity index (χ1) is 7.98. The van der Waals surface area contributed by atoms with E-state index >= 15 is 0 Å². The molecule has 1 aromatic rings. The van der Waals surface area contributed by atoms with Crippen molar-refractivity contribution in [1.29, 1.82) is 5.26 Å². The second kappa shape index (κ2) is 6.18. The van der Waals surface area contributed by atoms with Crippen molar-refractivity contribution in [2.75, 3.05) is 5.88 Å². The molecule has 0 saturated carbocycles. The number of nitrogens with zero attached hydrogens (tertiary/aromatic N) is 1. The zero-order valence-corrected chi connectivity index (χ0v) is 10.2. The Morgan fingerprint density at radius 3 is 2.53 bits per heavy atom.